The van der Waals surface area contributed by atoms with Crippen LogP contribution < -0.4 is 5.32 Å². The van der Waals surface area contributed by atoms with Crippen molar-refractivity contribution in [3.8, 4) is 0 Å². The minimum absolute atomic E-state index is 0.666. The summed E-state index contributed by atoms with van der Waals surface area (Å²) in [6, 6.07) is 9.22. The van der Waals surface area contributed by atoms with Crippen LogP contribution in [0.5, 0.6) is 0 Å². The number of hydrogen-bond donors (Lipinski definition) is 1. The van der Waals surface area contributed by atoms with E-state index in [-0.39, 0.29) is 0 Å². The monoisotopic (exact) mass is 220 g/mol. The van der Waals surface area contributed by atoms with E-state index in [0.29, 0.717) is 6.04 Å². The first-order valence-electron chi connectivity index (χ1n) is 6.14. The highest BCUT2D eigenvalue weighted by atomic mass is 15.1. The number of rotatable bonds is 6. The Labute approximate surface area is 99.7 Å². The first-order chi connectivity index (χ1) is 7.63. The van der Waals surface area contributed by atoms with E-state index in [2.05, 4.69) is 62.3 Å². The van der Waals surface area contributed by atoms with Crippen LogP contribution >= 0.6 is 0 Å². The lowest BCUT2D eigenvalue weighted by Crippen LogP contribution is -2.32. The van der Waals surface area contributed by atoms with Crippen molar-refractivity contribution in [3.05, 3.63) is 29.8 Å². The molecule has 2 nitrogen and oxygen atoms in total. The fourth-order valence-corrected chi connectivity index (χ4v) is 1.58. The average Bonchev–Trinajstić information content (AvgIpc) is 2.30. The van der Waals surface area contributed by atoms with Gasteiger partial charge in [-0.25, -0.2) is 0 Å². The first kappa shape index (κ1) is 13.0. The Balaban J connectivity index is 2.27. The van der Waals surface area contributed by atoms with Crippen molar-refractivity contribution in [1.29, 1.82) is 0 Å². The number of aryl methyl sites for hydroxylation is 1. The number of anilines is 1. The first-order valence-corrected chi connectivity index (χ1v) is 6.14. The number of benzene rings is 1. The molecule has 1 aromatic carbocycles. The quantitative estimate of drug-likeness (QED) is 0.792. The molecule has 0 bridgehead atoms. The predicted molar refractivity (Wildman–Crippen MR) is 72.1 cm³/mol. The van der Waals surface area contributed by atoms with Crippen LogP contribution in [0.4, 0.5) is 5.69 Å². The van der Waals surface area contributed by atoms with E-state index in [9.17, 15) is 0 Å². The van der Waals surface area contributed by atoms with Gasteiger partial charge in [0.05, 0.1) is 0 Å². The summed E-state index contributed by atoms with van der Waals surface area (Å²) >= 11 is 0. The van der Waals surface area contributed by atoms with Gasteiger partial charge in [-0.3, -0.25) is 0 Å². The molecule has 0 heterocycles. The minimum atomic E-state index is 0.666. The maximum absolute atomic E-state index is 3.44. The lowest BCUT2D eigenvalue weighted by atomic mass is 10.2. The molecule has 0 aliphatic carbocycles. The third kappa shape index (κ3) is 4.23. The maximum Gasteiger partial charge on any atom is 0.0340 e. The van der Waals surface area contributed by atoms with Gasteiger partial charge < -0.3 is 10.2 Å². The van der Waals surface area contributed by atoms with Crippen molar-refractivity contribution in [2.24, 2.45) is 0 Å². The summed E-state index contributed by atoms with van der Waals surface area (Å²) in [5, 5.41) is 3.44. The fourth-order valence-electron chi connectivity index (χ4n) is 1.58. The van der Waals surface area contributed by atoms with Gasteiger partial charge in [-0.15, -0.1) is 0 Å². The second kappa shape index (κ2) is 6.54. The van der Waals surface area contributed by atoms with Crippen LogP contribution in [0, 0.1) is 6.92 Å². The molecule has 1 N–H and O–H groups in total. The highest BCUT2D eigenvalue weighted by molar-refractivity contribution is 5.44. The summed E-state index contributed by atoms with van der Waals surface area (Å²) in [4.78, 5) is 2.39. The summed E-state index contributed by atoms with van der Waals surface area (Å²) in [7, 11) is 2.19. The Kier molecular flexibility index (Phi) is 5.33. The van der Waals surface area contributed by atoms with Crippen LogP contribution in [0.2, 0.25) is 0 Å². The minimum Gasteiger partial charge on any atom is -0.384 e. The molecule has 90 valence electrons. The van der Waals surface area contributed by atoms with E-state index in [1.165, 1.54) is 17.7 Å². The lowest BCUT2D eigenvalue weighted by Gasteiger charge is -2.23. The summed E-state index contributed by atoms with van der Waals surface area (Å²) in [6.07, 6.45) is 1.21. The van der Waals surface area contributed by atoms with Crippen molar-refractivity contribution in [2.45, 2.75) is 33.2 Å². The normalized spacial score (nSPS) is 12.8. The largest absolute Gasteiger partial charge is 0.384 e. The molecule has 1 atom stereocenters. The molecule has 1 unspecified atom stereocenters. The summed E-state index contributed by atoms with van der Waals surface area (Å²) in [6.45, 7) is 8.70. The topological polar surface area (TPSA) is 15.3 Å². The Bertz CT molecular complexity index is 292. The van der Waals surface area contributed by atoms with E-state index in [4.69, 9.17) is 0 Å². The van der Waals surface area contributed by atoms with E-state index < -0.39 is 0 Å². The van der Waals surface area contributed by atoms with Crippen LogP contribution in [0.25, 0.3) is 0 Å². The second-order valence-corrected chi connectivity index (χ2v) is 4.53. The zero-order valence-corrected chi connectivity index (χ0v) is 11.0. The summed E-state index contributed by atoms with van der Waals surface area (Å²) < 4.78 is 0. The Morgan fingerprint density at radius 3 is 2.44 bits per heavy atom. The van der Waals surface area contributed by atoms with E-state index >= 15 is 0 Å². The van der Waals surface area contributed by atoms with Gasteiger partial charge in [-0.2, -0.15) is 0 Å². The summed E-state index contributed by atoms with van der Waals surface area (Å²) in [5.41, 5.74) is 2.52. The van der Waals surface area contributed by atoms with Crippen molar-refractivity contribution in [2.75, 3.05) is 25.5 Å². The number of nitrogens with one attached hydrogen (secondary N) is 1. The number of hydrogen-bond acceptors (Lipinski definition) is 2. The third-order valence-corrected chi connectivity index (χ3v) is 3.19. The molecule has 1 rings (SSSR count). The molecule has 0 saturated carbocycles. The molecular formula is C14H24N2. The maximum atomic E-state index is 3.44. The molecular weight excluding hydrogens is 196 g/mol. The molecule has 0 aliphatic rings. The zero-order valence-electron chi connectivity index (χ0n) is 11.0. The summed E-state index contributed by atoms with van der Waals surface area (Å²) in [5.74, 6) is 0. The van der Waals surface area contributed by atoms with Crippen LogP contribution in [-0.2, 0) is 0 Å². The standard InChI is InChI=1S/C14H24N2/c1-5-13(3)16(4)11-10-15-14-8-6-12(2)7-9-14/h6-9,13,15H,5,10-11H2,1-4H3. The lowest BCUT2D eigenvalue weighted by molar-refractivity contribution is 0.261. The van der Waals surface area contributed by atoms with Crippen LogP contribution in [0.3, 0.4) is 0 Å². The van der Waals surface area contributed by atoms with E-state index in [1.54, 1.807) is 0 Å². The van der Waals surface area contributed by atoms with Crippen molar-refractivity contribution in [1.82, 2.24) is 4.90 Å². The molecule has 0 saturated heterocycles. The van der Waals surface area contributed by atoms with Crippen molar-refractivity contribution in [3.63, 3.8) is 0 Å². The van der Waals surface area contributed by atoms with Gasteiger partial charge in [0.2, 0.25) is 0 Å². The van der Waals surface area contributed by atoms with Gasteiger partial charge in [-0.05, 0) is 39.4 Å². The van der Waals surface area contributed by atoms with Gasteiger partial charge in [0.1, 0.15) is 0 Å². The predicted octanol–water partition coefficient (Wildman–Crippen LogP) is 3.14. The Morgan fingerprint density at radius 1 is 1.25 bits per heavy atom. The van der Waals surface area contributed by atoms with Crippen LogP contribution in [-0.4, -0.2) is 31.1 Å². The molecule has 0 fully saturated rings. The number of nitrogens with zero attached hydrogens (tertiary/aromatic N) is 1. The SMILES string of the molecule is CCC(C)N(C)CCNc1ccc(C)cc1. The van der Waals surface area contributed by atoms with Crippen molar-refractivity contribution < 1.29 is 0 Å². The Hall–Kier alpha value is -1.02. The van der Waals surface area contributed by atoms with E-state index in [0.717, 1.165) is 13.1 Å². The van der Waals surface area contributed by atoms with E-state index in [1.807, 2.05) is 0 Å². The highest BCUT2D eigenvalue weighted by Gasteiger charge is 2.05. The second-order valence-electron chi connectivity index (χ2n) is 4.53. The molecule has 0 amide bonds. The molecule has 2 heteroatoms. The molecule has 0 aliphatic heterocycles. The van der Waals surface area contributed by atoms with Gasteiger partial charge in [-0.1, -0.05) is 24.6 Å². The smallest absolute Gasteiger partial charge is 0.0340 e. The number of likely N-dealkylation sites (N-methyl/N-ethyl adjacent to an activating group) is 1. The average molecular weight is 220 g/mol. The fraction of sp³-hybridized carbons (Fsp3) is 0.571. The van der Waals surface area contributed by atoms with Gasteiger partial charge >= 0.3 is 0 Å². The van der Waals surface area contributed by atoms with Crippen LogP contribution in [0.15, 0.2) is 24.3 Å². The van der Waals surface area contributed by atoms with Gasteiger partial charge in [0.15, 0.2) is 0 Å². The molecule has 0 aromatic heterocycles. The molecule has 0 spiro atoms. The van der Waals surface area contributed by atoms with Gasteiger partial charge in [0.25, 0.3) is 0 Å². The third-order valence-electron chi connectivity index (χ3n) is 3.19. The molecule has 0 radical (unpaired) electrons. The van der Waals surface area contributed by atoms with Crippen molar-refractivity contribution >= 4 is 5.69 Å². The molecule has 16 heavy (non-hydrogen) atoms. The zero-order chi connectivity index (χ0) is 12.0. The Morgan fingerprint density at radius 2 is 1.88 bits per heavy atom. The van der Waals surface area contributed by atoms with Gasteiger partial charge in [0, 0.05) is 24.8 Å². The highest BCUT2D eigenvalue weighted by Crippen LogP contribution is 2.08. The van der Waals surface area contributed by atoms with Crippen LogP contribution in [0.1, 0.15) is 25.8 Å². The molecule has 1 aromatic rings.